The van der Waals surface area contributed by atoms with E-state index in [9.17, 15) is 10.1 Å². The van der Waals surface area contributed by atoms with Crippen LogP contribution in [0.25, 0.3) is 17.3 Å². The second-order valence-corrected chi connectivity index (χ2v) is 11.1. The lowest BCUT2D eigenvalue weighted by molar-refractivity contribution is -0.384. The maximum absolute atomic E-state index is 11.1. The fraction of sp³-hybridized carbons (Fsp3) is 0.172. The van der Waals surface area contributed by atoms with Crippen molar-refractivity contribution >= 4 is 57.1 Å². The van der Waals surface area contributed by atoms with E-state index in [1.54, 1.807) is 12.1 Å². The minimum Gasteiger partial charge on any atom is -0.258 e. The van der Waals surface area contributed by atoms with E-state index in [0.717, 1.165) is 52.5 Å². The van der Waals surface area contributed by atoms with Crippen molar-refractivity contribution in [2.45, 2.75) is 25.3 Å². The molecule has 0 amide bonds. The third kappa shape index (κ3) is 4.85. The first-order valence-electron chi connectivity index (χ1n) is 12.3. The molecule has 6 nitrogen and oxygen atoms in total. The summed E-state index contributed by atoms with van der Waals surface area (Å²) in [7, 11) is 0. The van der Waals surface area contributed by atoms with Gasteiger partial charge in [-0.1, -0.05) is 47.5 Å². The van der Waals surface area contributed by atoms with Crippen LogP contribution in [0.2, 0.25) is 10.0 Å². The number of fused-ring (bicyclic) bond motifs is 1. The number of hydrogen-bond acceptors (Lipinski definition) is 6. The number of benzene rings is 3. The van der Waals surface area contributed by atoms with E-state index in [4.69, 9.17) is 33.3 Å². The van der Waals surface area contributed by atoms with Crippen molar-refractivity contribution in [3.05, 3.63) is 115 Å². The Morgan fingerprint density at radius 1 is 0.974 bits per heavy atom. The Balaban J connectivity index is 1.39. The van der Waals surface area contributed by atoms with Crippen molar-refractivity contribution in [1.29, 1.82) is 0 Å². The van der Waals surface area contributed by atoms with Crippen molar-refractivity contribution in [3.8, 4) is 11.3 Å². The number of nitro benzene ring substituents is 1. The molecule has 6 rings (SSSR count). The third-order valence-electron chi connectivity index (χ3n) is 6.99. The highest BCUT2D eigenvalue weighted by molar-refractivity contribution is 7.14. The zero-order chi connectivity index (χ0) is 26.2. The fourth-order valence-corrected chi connectivity index (χ4v) is 6.24. The summed E-state index contributed by atoms with van der Waals surface area (Å²) in [6, 6.07) is 22.3. The van der Waals surface area contributed by atoms with Gasteiger partial charge in [0.15, 0.2) is 0 Å². The van der Waals surface area contributed by atoms with Crippen LogP contribution in [0.5, 0.6) is 0 Å². The molecule has 1 aliphatic carbocycles. The fourth-order valence-electron chi connectivity index (χ4n) is 5.17. The summed E-state index contributed by atoms with van der Waals surface area (Å²) in [4.78, 5) is 15.6. The highest BCUT2D eigenvalue weighted by Crippen LogP contribution is 2.47. The first kappa shape index (κ1) is 24.8. The topological polar surface area (TPSA) is 71.6 Å². The molecule has 2 atom stereocenters. The molecular formula is C29H22Cl2N4O2S. The predicted molar refractivity (Wildman–Crippen MR) is 155 cm³/mol. The monoisotopic (exact) mass is 560 g/mol. The standard InChI is InChI=1S/C29H22Cl2N4O2S/c30-22-10-4-18(5-11-22)16-21-2-1-3-25-27(21)33-34(28(25)20-6-12-23(31)13-7-20)29-32-26(17-38-29)19-8-14-24(15-9-19)35(36)37/h4-17,25,28H,1-3H2/b21-16+. The minimum atomic E-state index is -0.399. The molecule has 38 heavy (non-hydrogen) atoms. The predicted octanol–water partition coefficient (Wildman–Crippen LogP) is 8.83. The highest BCUT2D eigenvalue weighted by Gasteiger charge is 2.42. The normalized spacial score (nSPS) is 19.9. The summed E-state index contributed by atoms with van der Waals surface area (Å²) in [5.41, 5.74) is 6.22. The Hall–Kier alpha value is -3.52. The van der Waals surface area contributed by atoms with Gasteiger partial charge in [0.25, 0.3) is 5.69 Å². The van der Waals surface area contributed by atoms with Gasteiger partial charge in [-0.2, -0.15) is 5.10 Å². The molecule has 9 heteroatoms. The first-order valence-corrected chi connectivity index (χ1v) is 13.9. The molecule has 2 heterocycles. The van der Waals surface area contributed by atoms with E-state index >= 15 is 0 Å². The summed E-state index contributed by atoms with van der Waals surface area (Å²) >= 11 is 13.8. The molecule has 2 aliphatic rings. The Labute approximate surface area is 234 Å². The molecule has 4 aromatic rings. The van der Waals surface area contributed by atoms with Crippen molar-refractivity contribution in [2.24, 2.45) is 11.0 Å². The molecular weight excluding hydrogens is 539 g/mol. The van der Waals surface area contributed by atoms with Crippen molar-refractivity contribution in [3.63, 3.8) is 0 Å². The SMILES string of the molecule is O=[N+]([O-])c1ccc(-c2csc(N3N=C4/C(=C/c5ccc(Cl)cc5)CCCC4C3c3ccc(Cl)cc3)n2)cc1. The maximum atomic E-state index is 11.1. The number of nitro groups is 1. The van der Waals surface area contributed by atoms with E-state index in [2.05, 4.69) is 18.2 Å². The van der Waals surface area contributed by atoms with Gasteiger partial charge in [0.2, 0.25) is 5.13 Å². The zero-order valence-corrected chi connectivity index (χ0v) is 22.5. The molecule has 0 N–H and O–H groups in total. The van der Waals surface area contributed by atoms with Gasteiger partial charge in [0.05, 0.1) is 22.4 Å². The van der Waals surface area contributed by atoms with Crippen LogP contribution < -0.4 is 5.01 Å². The summed E-state index contributed by atoms with van der Waals surface area (Å²) in [5, 5.41) is 22.4. The highest BCUT2D eigenvalue weighted by atomic mass is 35.5. The molecule has 0 spiro atoms. The molecule has 1 saturated carbocycles. The molecule has 0 radical (unpaired) electrons. The molecule has 1 fully saturated rings. The van der Waals surface area contributed by atoms with Gasteiger partial charge in [-0.15, -0.1) is 11.3 Å². The first-order chi connectivity index (χ1) is 18.5. The van der Waals surface area contributed by atoms with E-state index in [-0.39, 0.29) is 17.6 Å². The molecule has 0 saturated heterocycles. The second-order valence-electron chi connectivity index (χ2n) is 9.37. The number of hydrazone groups is 1. The smallest absolute Gasteiger partial charge is 0.258 e. The molecule has 1 aromatic heterocycles. The van der Waals surface area contributed by atoms with Gasteiger partial charge in [-0.3, -0.25) is 10.1 Å². The summed E-state index contributed by atoms with van der Waals surface area (Å²) in [5.74, 6) is 0.218. The van der Waals surface area contributed by atoms with E-state index in [1.807, 2.05) is 46.8 Å². The second kappa shape index (κ2) is 10.3. The molecule has 190 valence electrons. The van der Waals surface area contributed by atoms with Crippen LogP contribution in [0.3, 0.4) is 0 Å². The molecule has 2 unspecified atom stereocenters. The lowest BCUT2D eigenvalue weighted by Crippen LogP contribution is -2.28. The minimum absolute atomic E-state index is 0.00737. The zero-order valence-electron chi connectivity index (χ0n) is 20.1. The van der Waals surface area contributed by atoms with Crippen LogP contribution in [0, 0.1) is 16.0 Å². The van der Waals surface area contributed by atoms with E-state index in [0.29, 0.717) is 10.0 Å². The van der Waals surface area contributed by atoms with Crippen LogP contribution >= 0.6 is 34.5 Å². The van der Waals surface area contributed by atoms with E-state index in [1.165, 1.54) is 29.0 Å². The van der Waals surface area contributed by atoms with Gasteiger partial charge in [-0.25, -0.2) is 9.99 Å². The Kier molecular flexibility index (Phi) is 6.74. The number of non-ortho nitro benzene ring substituents is 1. The maximum Gasteiger partial charge on any atom is 0.269 e. The van der Waals surface area contributed by atoms with Crippen LogP contribution in [0.4, 0.5) is 10.8 Å². The lowest BCUT2D eigenvalue weighted by atomic mass is 9.77. The lowest BCUT2D eigenvalue weighted by Gasteiger charge is -2.29. The van der Waals surface area contributed by atoms with Crippen molar-refractivity contribution < 1.29 is 4.92 Å². The Morgan fingerprint density at radius 3 is 2.34 bits per heavy atom. The Morgan fingerprint density at radius 2 is 1.66 bits per heavy atom. The third-order valence-corrected chi connectivity index (χ3v) is 8.32. The van der Waals surface area contributed by atoms with Gasteiger partial charge < -0.3 is 0 Å². The molecule has 3 aromatic carbocycles. The number of aromatic nitrogens is 1. The average molecular weight is 561 g/mol. The number of rotatable bonds is 5. The number of thiazole rings is 1. The van der Waals surface area contributed by atoms with Crippen molar-refractivity contribution in [1.82, 2.24) is 4.98 Å². The van der Waals surface area contributed by atoms with Gasteiger partial charge in [-0.05, 0) is 78.4 Å². The summed E-state index contributed by atoms with van der Waals surface area (Å²) < 4.78 is 0. The number of allylic oxidation sites excluding steroid dienone is 1. The largest absolute Gasteiger partial charge is 0.269 e. The van der Waals surface area contributed by atoms with Crippen LogP contribution in [-0.4, -0.2) is 15.6 Å². The number of anilines is 1. The number of nitrogens with zero attached hydrogens (tertiary/aromatic N) is 4. The van der Waals surface area contributed by atoms with Crippen LogP contribution in [0.1, 0.15) is 36.4 Å². The molecule has 1 aliphatic heterocycles. The Bertz CT molecular complexity index is 1550. The van der Waals surface area contributed by atoms with Gasteiger partial charge >= 0.3 is 0 Å². The average Bonchev–Trinajstić information content (AvgIpc) is 3.57. The molecule has 0 bridgehead atoms. The van der Waals surface area contributed by atoms with Gasteiger partial charge in [0, 0.05) is 39.0 Å². The van der Waals surface area contributed by atoms with Gasteiger partial charge in [0.1, 0.15) is 0 Å². The summed E-state index contributed by atoms with van der Waals surface area (Å²) in [6.07, 6.45) is 5.28. The van der Waals surface area contributed by atoms with Crippen LogP contribution in [-0.2, 0) is 0 Å². The van der Waals surface area contributed by atoms with Crippen molar-refractivity contribution in [2.75, 3.05) is 5.01 Å². The quantitative estimate of drug-likeness (QED) is 0.180. The summed E-state index contributed by atoms with van der Waals surface area (Å²) in [6.45, 7) is 0. The number of hydrogen-bond donors (Lipinski definition) is 0. The van der Waals surface area contributed by atoms with E-state index < -0.39 is 4.92 Å². The number of halogens is 2. The van der Waals surface area contributed by atoms with Crippen LogP contribution in [0.15, 0.2) is 88.9 Å².